The molecule has 0 heterocycles. The van der Waals surface area contributed by atoms with E-state index in [1.54, 1.807) is 5.57 Å². The summed E-state index contributed by atoms with van der Waals surface area (Å²) < 4.78 is 39.9. The van der Waals surface area contributed by atoms with Gasteiger partial charge in [0.05, 0.1) is 50.0 Å². The van der Waals surface area contributed by atoms with Gasteiger partial charge in [0.1, 0.15) is 0 Å². The lowest BCUT2D eigenvalue weighted by Crippen LogP contribution is -2.51. The summed E-state index contributed by atoms with van der Waals surface area (Å²) in [7, 11) is 0.108. The van der Waals surface area contributed by atoms with E-state index in [4.69, 9.17) is 4.74 Å². The molecule has 0 saturated heterocycles. The van der Waals surface area contributed by atoms with Crippen molar-refractivity contribution in [1.82, 2.24) is 0 Å². The van der Waals surface area contributed by atoms with Crippen molar-refractivity contribution < 1.29 is 22.2 Å². The van der Waals surface area contributed by atoms with E-state index in [0.717, 1.165) is 66.0 Å². The Labute approximate surface area is 253 Å². The second-order valence-electron chi connectivity index (χ2n) is 16.4. The fourth-order valence-corrected chi connectivity index (χ4v) is 10.8. The van der Waals surface area contributed by atoms with Crippen molar-refractivity contribution in [2.24, 2.45) is 46.3 Å². The molecule has 0 unspecified atom stereocenters. The van der Waals surface area contributed by atoms with Crippen LogP contribution in [0.1, 0.15) is 118 Å². The van der Waals surface area contributed by atoms with Crippen LogP contribution in [-0.2, 0) is 14.9 Å². The fraction of sp³-hybridized carbons (Fsp3) is 0.943. The Hall–Kier alpha value is -0.430. The molecule has 0 radical (unpaired) electrons. The van der Waals surface area contributed by atoms with E-state index in [1.807, 2.05) is 0 Å². The average molecular weight is 594 g/mol. The SMILES string of the molecule is CC(C)CCC[C@@H](C)[C@H]1CC[C@H]2[C@@H]3CC=C4C[C@@H](OCCC[N+](C)(C)CCCS(=O)(=O)[O-])CC[C@]4(C)[C@H]3CC[C@]12C. The first kappa shape index (κ1) is 33.5. The molecule has 41 heavy (non-hydrogen) atoms. The highest BCUT2D eigenvalue weighted by atomic mass is 32.2. The predicted molar refractivity (Wildman–Crippen MR) is 168 cm³/mol. The van der Waals surface area contributed by atoms with Crippen molar-refractivity contribution in [2.75, 3.05) is 39.5 Å². The minimum atomic E-state index is -4.12. The molecule has 4 rings (SSSR count). The molecule has 0 N–H and O–H groups in total. The van der Waals surface area contributed by atoms with E-state index in [1.165, 1.54) is 64.2 Å². The highest BCUT2D eigenvalue weighted by Crippen LogP contribution is 2.67. The zero-order valence-electron chi connectivity index (χ0n) is 27.6. The summed E-state index contributed by atoms with van der Waals surface area (Å²) in [5.74, 6) is 5.01. The highest BCUT2D eigenvalue weighted by molar-refractivity contribution is 7.85. The standard InChI is InChI=1S/C35H63NO4S/c1-26(2)11-8-12-27(3)31-15-16-32-30-14-13-28-25-29(17-19-34(28,4)33(30)18-20-35(31,32)5)40-23-9-21-36(6,7)22-10-24-41(37,38)39/h13,26-27,29-33H,8-12,14-25H2,1-7H3/t27-,29+,30+,31-,32+,33+,34+,35-/m1/s1. The average Bonchev–Trinajstić information content (AvgIpc) is 3.23. The van der Waals surface area contributed by atoms with Crippen LogP contribution in [0, 0.1) is 46.3 Å². The van der Waals surface area contributed by atoms with Gasteiger partial charge in [-0.2, -0.15) is 0 Å². The number of quaternary nitrogens is 1. The second-order valence-corrected chi connectivity index (χ2v) is 17.9. The van der Waals surface area contributed by atoms with E-state index in [-0.39, 0.29) is 5.75 Å². The summed E-state index contributed by atoms with van der Waals surface area (Å²) in [5.41, 5.74) is 2.62. The summed E-state index contributed by atoms with van der Waals surface area (Å²) in [5, 5.41) is 0. The van der Waals surface area contributed by atoms with Gasteiger partial charge in [-0.3, -0.25) is 0 Å². The van der Waals surface area contributed by atoms with E-state index in [0.29, 0.717) is 29.9 Å². The van der Waals surface area contributed by atoms with Gasteiger partial charge in [-0.25, -0.2) is 8.42 Å². The monoisotopic (exact) mass is 593 g/mol. The summed E-state index contributed by atoms with van der Waals surface area (Å²) in [6.45, 7) is 15.0. The lowest BCUT2D eigenvalue weighted by Gasteiger charge is -2.58. The maximum atomic E-state index is 10.9. The molecule has 3 saturated carbocycles. The predicted octanol–water partition coefficient (Wildman–Crippen LogP) is 7.81. The van der Waals surface area contributed by atoms with Crippen LogP contribution < -0.4 is 0 Å². The molecule has 3 fully saturated rings. The Kier molecular flexibility index (Phi) is 10.8. The smallest absolute Gasteiger partial charge is 0.0948 e. The van der Waals surface area contributed by atoms with Crippen LogP contribution in [0.15, 0.2) is 11.6 Å². The third-order valence-electron chi connectivity index (χ3n) is 12.7. The first-order valence-corrected chi connectivity index (χ1v) is 18.8. The van der Waals surface area contributed by atoms with E-state index < -0.39 is 10.1 Å². The Balaban J connectivity index is 1.28. The molecule has 6 heteroatoms. The number of hydrogen-bond donors (Lipinski definition) is 0. The van der Waals surface area contributed by atoms with Gasteiger partial charge in [0, 0.05) is 18.6 Å². The number of rotatable bonds is 14. The zero-order chi connectivity index (χ0) is 30.1. The first-order chi connectivity index (χ1) is 19.1. The van der Waals surface area contributed by atoms with Gasteiger partial charge < -0.3 is 13.8 Å². The number of hydrogen-bond acceptors (Lipinski definition) is 4. The third-order valence-corrected chi connectivity index (χ3v) is 13.5. The van der Waals surface area contributed by atoms with Crippen LogP contribution in [0.4, 0.5) is 0 Å². The van der Waals surface area contributed by atoms with Crippen LogP contribution in [0.25, 0.3) is 0 Å². The Bertz CT molecular complexity index is 1010. The van der Waals surface area contributed by atoms with Gasteiger partial charge in [-0.15, -0.1) is 0 Å². The Morgan fingerprint density at radius 1 is 0.976 bits per heavy atom. The number of allylic oxidation sites excluding steroid dienone is 1. The second kappa shape index (κ2) is 13.3. The Morgan fingerprint density at radius 3 is 2.41 bits per heavy atom. The van der Waals surface area contributed by atoms with Gasteiger partial charge in [0.2, 0.25) is 0 Å². The molecule has 0 aliphatic heterocycles. The van der Waals surface area contributed by atoms with Gasteiger partial charge in [-0.05, 0) is 97.7 Å². The number of ether oxygens (including phenoxy) is 1. The zero-order valence-corrected chi connectivity index (χ0v) is 28.4. The van der Waals surface area contributed by atoms with Crippen molar-refractivity contribution in [3.63, 3.8) is 0 Å². The quantitative estimate of drug-likeness (QED) is 0.0891. The minimum absolute atomic E-state index is 0.263. The van der Waals surface area contributed by atoms with Gasteiger partial charge >= 0.3 is 0 Å². The largest absolute Gasteiger partial charge is 0.748 e. The van der Waals surface area contributed by atoms with E-state index >= 15 is 0 Å². The van der Waals surface area contributed by atoms with Crippen molar-refractivity contribution in [3.05, 3.63) is 11.6 Å². The van der Waals surface area contributed by atoms with Gasteiger partial charge in [-0.1, -0.05) is 65.5 Å². The van der Waals surface area contributed by atoms with E-state index in [9.17, 15) is 13.0 Å². The lowest BCUT2D eigenvalue weighted by molar-refractivity contribution is -0.890. The van der Waals surface area contributed by atoms with Crippen LogP contribution in [0.5, 0.6) is 0 Å². The molecule has 4 aliphatic rings. The maximum absolute atomic E-state index is 10.9. The molecule has 0 aromatic carbocycles. The number of nitrogens with zero attached hydrogens (tertiary/aromatic N) is 1. The maximum Gasteiger partial charge on any atom is 0.0948 e. The molecule has 0 bridgehead atoms. The molecule has 0 amide bonds. The van der Waals surface area contributed by atoms with Crippen molar-refractivity contribution in [2.45, 2.75) is 124 Å². The van der Waals surface area contributed by atoms with Gasteiger partial charge in [0.25, 0.3) is 0 Å². The summed E-state index contributed by atoms with van der Waals surface area (Å²) >= 11 is 0. The molecular formula is C35H63NO4S. The summed E-state index contributed by atoms with van der Waals surface area (Å²) in [6, 6.07) is 0. The summed E-state index contributed by atoms with van der Waals surface area (Å²) in [4.78, 5) is 0. The minimum Gasteiger partial charge on any atom is -0.748 e. The van der Waals surface area contributed by atoms with E-state index in [2.05, 4.69) is 54.8 Å². The van der Waals surface area contributed by atoms with Crippen molar-refractivity contribution >= 4 is 10.1 Å². The fourth-order valence-electron chi connectivity index (χ4n) is 10.3. The normalized spacial score (nSPS) is 36.4. The van der Waals surface area contributed by atoms with Crippen LogP contribution in [0.3, 0.4) is 0 Å². The van der Waals surface area contributed by atoms with Crippen LogP contribution >= 0.6 is 0 Å². The molecular weight excluding hydrogens is 530 g/mol. The lowest BCUT2D eigenvalue weighted by atomic mass is 9.47. The topological polar surface area (TPSA) is 66.4 Å². The molecule has 238 valence electrons. The van der Waals surface area contributed by atoms with Crippen LogP contribution in [-0.4, -0.2) is 63.1 Å². The van der Waals surface area contributed by atoms with Crippen LogP contribution in [0.2, 0.25) is 0 Å². The molecule has 4 aliphatic carbocycles. The third kappa shape index (κ3) is 8.00. The van der Waals surface area contributed by atoms with Gasteiger partial charge in [0.15, 0.2) is 0 Å². The first-order valence-electron chi connectivity index (χ1n) is 17.2. The molecule has 0 spiro atoms. The molecule has 0 aromatic rings. The highest BCUT2D eigenvalue weighted by Gasteiger charge is 2.59. The molecule has 0 aromatic heterocycles. The number of fused-ring (bicyclic) bond motifs is 5. The summed E-state index contributed by atoms with van der Waals surface area (Å²) in [6.07, 6.45) is 19.2. The van der Waals surface area contributed by atoms with Crippen molar-refractivity contribution in [1.29, 1.82) is 0 Å². The molecule has 5 nitrogen and oxygen atoms in total. The van der Waals surface area contributed by atoms with Crippen molar-refractivity contribution in [3.8, 4) is 0 Å². The molecule has 8 atom stereocenters. The Morgan fingerprint density at radius 2 is 1.71 bits per heavy atom.